The Morgan fingerprint density at radius 1 is 1.18 bits per heavy atom. The van der Waals surface area contributed by atoms with E-state index < -0.39 is 17.4 Å². The maximum atomic E-state index is 12.9. The van der Waals surface area contributed by atoms with Crippen LogP contribution < -0.4 is 5.32 Å². The minimum absolute atomic E-state index is 0.0556. The molecule has 2 saturated carbocycles. The van der Waals surface area contributed by atoms with Gasteiger partial charge in [0.25, 0.3) is 5.69 Å². The van der Waals surface area contributed by atoms with Gasteiger partial charge in [0.15, 0.2) is 0 Å². The van der Waals surface area contributed by atoms with E-state index in [0.717, 1.165) is 11.3 Å². The van der Waals surface area contributed by atoms with Gasteiger partial charge in [-0.05, 0) is 48.6 Å². The molecule has 6 atom stereocenters. The van der Waals surface area contributed by atoms with Gasteiger partial charge >= 0.3 is 0 Å². The summed E-state index contributed by atoms with van der Waals surface area (Å²) in [4.78, 5) is 50.0. The summed E-state index contributed by atoms with van der Waals surface area (Å²) in [5, 5.41) is 13.7. The van der Waals surface area contributed by atoms with E-state index in [0.29, 0.717) is 17.4 Å². The minimum atomic E-state index is -0.613. The second-order valence-corrected chi connectivity index (χ2v) is 8.24. The molecule has 0 aromatic heterocycles. The maximum absolute atomic E-state index is 12.9. The second kappa shape index (κ2) is 5.73. The van der Waals surface area contributed by atoms with Crippen molar-refractivity contribution in [3.63, 3.8) is 0 Å². The van der Waals surface area contributed by atoms with E-state index >= 15 is 0 Å². The molecule has 0 spiro atoms. The quantitative estimate of drug-likeness (QED) is 0.371. The molecule has 0 unspecified atom stereocenters. The van der Waals surface area contributed by atoms with Gasteiger partial charge in [-0.15, -0.1) is 0 Å². The van der Waals surface area contributed by atoms with Crippen LogP contribution in [0, 0.1) is 52.5 Å². The van der Waals surface area contributed by atoms with Crippen LogP contribution in [0.1, 0.15) is 12.0 Å². The standard InChI is InChI=1S/C20H19N3O5/c1-9-2-5-14(15(6-9)23(27)28)21-16(24)8-22-19(25)17-10-3-4-11(13-7-12(10)13)18(17)20(22)26/h2-6,10-13,17-18H,7-8H2,1H3,(H,21,24)/t10-,11-,12-,13+,17-,18+/m0/s1. The number of nitrogens with zero attached hydrogens (tertiary/aromatic N) is 2. The molecule has 3 fully saturated rings. The van der Waals surface area contributed by atoms with E-state index in [2.05, 4.69) is 17.5 Å². The van der Waals surface area contributed by atoms with Gasteiger partial charge in [-0.1, -0.05) is 18.2 Å². The molecule has 1 N–H and O–H groups in total. The topological polar surface area (TPSA) is 110 Å². The summed E-state index contributed by atoms with van der Waals surface area (Å²) in [6.07, 6.45) is 5.22. The molecule has 5 aliphatic rings. The van der Waals surface area contributed by atoms with E-state index in [1.165, 1.54) is 12.1 Å². The number of allylic oxidation sites excluding steroid dienone is 2. The van der Waals surface area contributed by atoms with Crippen molar-refractivity contribution < 1.29 is 19.3 Å². The van der Waals surface area contributed by atoms with Crippen molar-refractivity contribution in [1.82, 2.24) is 4.90 Å². The van der Waals surface area contributed by atoms with Crippen molar-refractivity contribution in [3.05, 3.63) is 46.0 Å². The number of benzene rings is 1. The third-order valence-corrected chi connectivity index (χ3v) is 6.68. The molecule has 28 heavy (non-hydrogen) atoms. The number of nitrogens with one attached hydrogen (secondary N) is 1. The fourth-order valence-electron chi connectivity index (χ4n) is 5.41. The summed E-state index contributed by atoms with van der Waals surface area (Å²) in [5.41, 5.74) is 0.531. The summed E-state index contributed by atoms with van der Waals surface area (Å²) >= 11 is 0. The fraction of sp³-hybridized carbons (Fsp3) is 0.450. The highest BCUT2D eigenvalue weighted by Gasteiger charge is 2.67. The molecule has 6 rings (SSSR count). The average Bonchev–Trinajstić information content (AvgIpc) is 3.44. The molecule has 1 heterocycles. The molecular formula is C20H19N3O5. The summed E-state index contributed by atoms with van der Waals surface area (Å²) in [7, 11) is 0. The molecule has 0 radical (unpaired) electrons. The molecule has 1 aromatic carbocycles. The highest BCUT2D eigenvalue weighted by molar-refractivity contribution is 6.09. The predicted molar refractivity (Wildman–Crippen MR) is 97.9 cm³/mol. The molecule has 4 aliphatic carbocycles. The number of aryl methyl sites for hydroxylation is 1. The normalized spacial score (nSPS) is 34.2. The van der Waals surface area contributed by atoms with Crippen LogP contribution in [0.5, 0.6) is 0 Å². The number of amides is 3. The van der Waals surface area contributed by atoms with Crippen molar-refractivity contribution >= 4 is 29.1 Å². The first kappa shape index (κ1) is 17.1. The zero-order valence-corrected chi connectivity index (χ0v) is 15.2. The molecular weight excluding hydrogens is 362 g/mol. The first-order valence-corrected chi connectivity index (χ1v) is 9.45. The van der Waals surface area contributed by atoms with Gasteiger partial charge in [0.05, 0.1) is 16.8 Å². The Labute approximate surface area is 160 Å². The van der Waals surface area contributed by atoms with Gasteiger partial charge in [-0.2, -0.15) is 0 Å². The predicted octanol–water partition coefficient (Wildman–Crippen LogP) is 1.89. The van der Waals surface area contributed by atoms with Gasteiger partial charge < -0.3 is 5.32 Å². The summed E-state index contributed by atoms with van der Waals surface area (Å²) in [6, 6.07) is 4.47. The number of anilines is 1. The number of nitro groups is 1. The molecule has 2 bridgehead atoms. The summed E-state index contributed by atoms with van der Waals surface area (Å²) < 4.78 is 0. The average molecular weight is 381 g/mol. The van der Waals surface area contributed by atoms with E-state index in [9.17, 15) is 24.5 Å². The van der Waals surface area contributed by atoms with E-state index in [4.69, 9.17) is 0 Å². The van der Waals surface area contributed by atoms with Crippen LogP contribution in [-0.4, -0.2) is 34.1 Å². The van der Waals surface area contributed by atoms with Crippen LogP contribution in [-0.2, 0) is 14.4 Å². The second-order valence-electron chi connectivity index (χ2n) is 8.24. The number of likely N-dealkylation sites (tertiary alicyclic amines) is 1. The zero-order chi connectivity index (χ0) is 19.7. The largest absolute Gasteiger partial charge is 0.319 e. The third kappa shape index (κ3) is 2.33. The smallest absolute Gasteiger partial charge is 0.293 e. The first-order valence-electron chi connectivity index (χ1n) is 9.45. The van der Waals surface area contributed by atoms with Crippen LogP contribution in [0.15, 0.2) is 30.4 Å². The van der Waals surface area contributed by atoms with Crippen LogP contribution in [0.2, 0.25) is 0 Å². The van der Waals surface area contributed by atoms with Crippen molar-refractivity contribution in [1.29, 1.82) is 0 Å². The van der Waals surface area contributed by atoms with Crippen molar-refractivity contribution in [2.45, 2.75) is 13.3 Å². The summed E-state index contributed by atoms with van der Waals surface area (Å²) in [5.74, 6) is -0.695. The van der Waals surface area contributed by atoms with E-state index in [1.54, 1.807) is 13.0 Å². The van der Waals surface area contributed by atoms with E-state index in [-0.39, 0.29) is 46.9 Å². The fourth-order valence-corrected chi connectivity index (χ4v) is 5.41. The zero-order valence-electron chi connectivity index (χ0n) is 15.2. The lowest BCUT2D eigenvalue weighted by molar-refractivity contribution is -0.384. The molecule has 144 valence electrons. The van der Waals surface area contributed by atoms with Gasteiger partial charge in [0, 0.05) is 6.07 Å². The highest BCUT2D eigenvalue weighted by atomic mass is 16.6. The molecule has 1 saturated heterocycles. The van der Waals surface area contributed by atoms with Crippen LogP contribution >= 0.6 is 0 Å². The molecule has 1 aromatic rings. The molecule has 8 heteroatoms. The lowest BCUT2D eigenvalue weighted by atomic mass is 9.63. The van der Waals surface area contributed by atoms with E-state index in [1.807, 2.05) is 0 Å². The van der Waals surface area contributed by atoms with Crippen LogP contribution in [0.3, 0.4) is 0 Å². The molecule has 3 amide bonds. The number of hydrogen-bond acceptors (Lipinski definition) is 5. The number of hydrogen-bond donors (Lipinski definition) is 1. The number of carbonyl (C=O) groups is 3. The Bertz CT molecular complexity index is 935. The van der Waals surface area contributed by atoms with Crippen molar-refractivity contribution in [2.75, 3.05) is 11.9 Å². The molecule has 1 aliphatic heterocycles. The molecule has 8 nitrogen and oxygen atoms in total. The number of carbonyl (C=O) groups excluding carboxylic acids is 3. The van der Waals surface area contributed by atoms with Gasteiger partial charge in [0.1, 0.15) is 12.2 Å². The SMILES string of the molecule is Cc1ccc(NC(=O)CN2C(=O)[C@@H]3[C@H]4C=C[C@@H]([C@@H]5C[C@H]45)[C@@H]3C2=O)c([N+](=O)[O-])c1. The minimum Gasteiger partial charge on any atom is -0.319 e. The maximum Gasteiger partial charge on any atom is 0.293 e. The number of nitro benzene ring substituents is 1. The lowest BCUT2D eigenvalue weighted by Crippen LogP contribution is -2.40. The monoisotopic (exact) mass is 381 g/mol. The van der Waals surface area contributed by atoms with Crippen molar-refractivity contribution in [3.8, 4) is 0 Å². The van der Waals surface area contributed by atoms with Crippen molar-refractivity contribution in [2.24, 2.45) is 35.5 Å². The Morgan fingerprint density at radius 3 is 2.36 bits per heavy atom. The lowest BCUT2D eigenvalue weighted by Gasteiger charge is -2.37. The van der Waals surface area contributed by atoms with Crippen LogP contribution in [0.4, 0.5) is 11.4 Å². The number of rotatable bonds is 4. The van der Waals surface area contributed by atoms with Gasteiger partial charge in [-0.25, -0.2) is 0 Å². The first-order chi connectivity index (χ1) is 13.4. The third-order valence-electron chi connectivity index (χ3n) is 6.68. The Balaban J connectivity index is 1.34. The van der Waals surface area contributed by atoms with Gasteiger partial charge in [-0.3, -0.25) is 29.4 Å². The Kier molecular flexibility index (Phi) is 3.50. The summed E-state index contributed by atoms with van der Waals surface area (Å²) in [6.45, 7) is 1.30. The number of imide groups is 1. The van der Waals surface area contributed by atoms with Gasteiger partial charge in [0.2, 0.25) is 17.7 Å². The van der Waals surface area contributed by atoms with Crippen LogP contribution in [0.25, 0.3) is 0 Å². The highest BCUT2D eigenvalue weighted by Crippen LogP contribution is 2.65. The Hall–Kier alpha value is -3.03. The Morgan fingerprint density at radius 2 is 1.79 bits per heavy atom.